The molecule has 21 heavy (non-hydrogen) atoms. The first-order valence-corrected chi connectivity index (χ1v) is 8.57. The van der Waals surface area contributed by atoms with Gasteiger partial charge in [0.05, 0.1) is 12.4 Å². The lowest BCUT2D eigenvalue weighted by atomic mass is 10.1. The maximum absolute atomic E-state index is 12.0. The molecule has 0 heterocycles. The Morgan fingerprint density at radius 1 is 0.952 bits per heavy atom. The lowest BCUT2D eigenvalue weighted by Crippen LogP contribution is -2.10. The van der Waals surface area contributed by atoms with Crippen LogP contribution in [0.15, 0.2) is 54.6 Å². The van der Waals surface area contributed by atoms with E-state index < -0.39 is 10.8 Å². The standard InChI is InChI=1S/C17H21NO2S/c18-11-10-15-6-8-17(9-7-15)20-12-13-21(19)14-16-4-2-1-3-5-16/h1-9H,10-14,18H2. The van der Waals surface area contributed by atoms with E-state index in [2.05, 4.69) is 0 Å². The van der Waals surface area contributed by atoms with Crippen molar-refractivity contribution in [2.75, 3.05) is 18.9 Å². The summed E-state index contributed by atoms with van der Waals surface area (Å²) in [6, 6.07) is 17.8. The van der Waals surface area contributed by atoms with Crippen molar-refractivity contribution in [1.29, 1.82) is 0 Å². The largest absolute Gasteiger partial charge is 0.493 e. The van der Waals surface area contributed by atoms with Gasteiger partial charge in [-0.1, -0.05) is 42.5 Å². The maximum atomic E-state index is 12.0. The molecule has 112 valence electrons. The molecule has 0 fully saturated rings. The molecule has 0 aromatic heterocycles. The van der Waals surface area contributed by atoms with Crippen LogP contribution in [-0.4, -0.2) is 23.1 Å². The van der Waals surface area contributed by atoms with Gasteiger partial charge in [-0.2, -0.15) is 0 Å². The first kappa shape index (κ1) is 15.7. The Labute approximate surface area is 128 Å². The molecule has 0 radical (unpaired) electrons. The number of hydrogen-bond donors (Lipinski definition) is 1. The van der Waals surface area contributed by atoms with Crippen LogP contribution in [0.4, 0.5) is 0 Å². The molecule has 1 unspecified atom stereocenters. The molecule has 4 heteroatoms. The first-order valence-electron chi connectivity index (χ1n) is 7.08. The minimum absolute atomic E-state index is 0.468. The van der Waals surface area contributed by atoms with Crippen LogP contribution in [0.25, 0.3) is 0 Å². The average Bonchev–Trinajstić information content (AvgIpc) is 2.50. The molecule has 0 aliphatic carbocycles. The third-order valence-corrected chi connectivity index (χ3v) is 4.38. The van der Waals surface area contributed by atoms with Crippen LogP contribution in [-0.2, 0) is 23.0 Å². The van der Waals surface area contributed by atoms with E-state index in [-0.39, 0.29) is 0 Å². The fourth-order valence-corrected chi connectivity index (χ4v) is 2.98. The van der Waals surface area contributed by atoms with Crippen LogP contribution in [0.2, 0.25) is 0 Å². The predicted octanol–water partition coefficient (Wildman–Crippen LogP) is 2.52. The summed E-state index contributed by atoms with van der Waals surface area (Å²) in [5.41, 5.74) is 7.82. The van der Waals surface area contributed by atoms with Gasteiger partial charge >= 0.3 is 0 Å². The average molecular weight is 303 g/mol. The van der Waals surface area contributed by atoms with Crippen molar-refractivity contribution in [1.82, 2.24) is 0 Å². The topological polar surface area (TPSA) is 52.3 Å². The Morgan fingerprint density at radius 3 is 2.33 bits per heavy atom. The Hall–Kier alpha value is -1.65. The van der Waals surface area contributed by atoms with Gasteiger partial charge in [-0.05, 0) is 36.2 Å². The number of hydrogen-bond acceptors (Lipinski definition) is 3. The molecule has 0 aliphatic heterocycles. The number of nitrogens with two attached hydrogens (primary N) is 1. The van der Waals surface area contributed by atoms with E-state index in [0.717, 1.165) is 17.7 Å². The molecule has 0 amide bonds. The highest BCUT2D eigenvalue weighted by molar-refractivity contribution is 7.84. The second-order valence-corrected chi connectivity index (χ2v) is 6.38. The van der Waals surface area contributed by atoms with E-state index in [0.29, 0.717) is 24.7 Å². The molecule has 1 atom stereocenters. The normalized spacial score (nSPS) is 12.0. The molecule has 2 aromatic rings. The van der Waals surface area contributed by atoms with Gasteiger partial charge in [0.25, 0.3) is 0 Å². The lowest BCUT2D eigenvalue weighted by molar-refractivity contribution is 0.342. The second-order valence-electron chi connectivity index (χ2n) is 4.80. The van der Waals surface area contributed by atoms with Gasteiger partial charge in [-0.15, -0.1) is 0 Å². The van der Waals surface area contributed by atoms with E-state index >= 15 is 0 Å². The molecule has 0 saturated heterocycles. The van der Waals surface area contributed by atoms with E-state index in [9.17, 15) is 4.21 Å². The SMILES string of the molecule is NCCc1ccc(OCCS(=O)Cc2ccccc2)cc1. The zero-order chi connectivity index (χ0) is 14.9. The molecule has 2 rings (SSSR count). The summed E-state index contributed by atoms with van der Waals surface area (Å²) in [5.74, 6) is 1.94. The second kappa shape index (κ2) is 8.60. The van der Waals surface area contributed by atoms with Crippen LogP contribution >= 0.6 is 0 Å². The maximum Gasteiger partial charge on any atom is 0.119 e. The molecule has 0 spiro atoms. The summed E-state index contributed by atoms with van der Waals surface area (Å²) < 4.78 is 17.6. The molecule has 0 aliphatic rings. The van der Waals surface area contributed by atoms with Crippen molar-refractivity contribution in [3.8, 4) is 5.75 Å². The van der Waals surface area contributed by atoms with Crippen molar-refractivity contribution < 1.29 is 8.95 Å². The summed E-state index contributed by atoms with van der Waals surface area (Å²) in [5, 5.41) is 0. The minimum atomic E-state index is -0.894. The zero-order valence-electron chi connectivity index (χ0n) is 12.0. The van der Waals surface area contributed by atoms with Crippen molar-refractivity contribution in [3.05, 3.63) is 65.7 Å². The van der Waals surface area contributed by atoms with Gasteiger partial charge in [0.2, 0.25) is 0 Å². The summed E-state index contributed by atoms with van der Waals surface area (Å²) >= 11 is 0. The summed E-state index contributed by atoms with van der Waals surface area (Å²) in [7, 11) is -0.894. The first-order chi connectivity index (χ1) is 10.3. The van der Waals surface area contributed by atoms with Crippen LogP contribution in [0.1, 0.15) is 11.1 Å². The van der Waals surface area contributed by atoms with Crippen LogP contribution < -0.4 is 10.5 Å². The fourth-order valence-electron chi connectivity index (χ4n) is 2.00. The quantitative estimate of drug-likeness (QED) is 0.815. The summed E-state index contributed by atoms with van der Waals surface area (Å²) in [6.07, 6.45) is 0.876. The predicted molar refractivity (Wildman–Crippen MR) is 87.9 cm³/mol. The van der Waals surface area contributed by atoms with E-state index in [1.807, 2.05) is 54.6 Å². The van der Waals surface area contributed by atoms with Gasteiger partial charge in [0, 0.05) is 16.6 Å². The Morgan fingerprint density at radius 2 is 1.67 bits per heavy atom. The van der Waals surface area contributed by atoms with Crippen molar-refractivity contribution in [2.24, 2.45) is 5.73 Å². The van der Waals surface area contributed by atoms with Crippen molar-refractivity contribution in [2.45, 2.75) is 12.2 Å². The van der Waals surface area contributed by atoms with Gasteiger partial charge in [-0.25, -0.2) is 0 Å². The van der Waals surface area contributed by atoms with Crippen LogP contribution in [0, 0.1) is 0 Å². The zero-order valence-corrected chi connectivity index (χ0v) is 12.9. The molecule has 2 N–H and O–H groups in total. The molecule has 3 nitrogen and oxygen atoms in total. The molecule has 2 aromatic carbocycles. The summed E-state index contributed by atoms with van der Waals surface area (Å²) in [4.78, 5) is 0. The molecular formula is C17H21NO2S. The Bertz CT molecular complexity index is 555. The third kappa shape index (κ3) is 5.69. The number of rotatable bonds is 8. The van der Waals surface area contributed by atoms with E-state index in [1.54, 1.807) is 0 Å². The molecule has 0 saturated carbocycles. The van der Waals surface area contributed by atoms with Crippen LogP contribution in [0.3, 0.4) is 0 Å². The van der Waals surface area contributed by atoms with Gasteiger partial charge < -0.3 is 10.5 Å². The minimum Gasteiger partial charge on any atom is -0.493 e. The van der Waals surface area contributed by atoms with E-state index in [1.165, 1.54) is 5.56 Å². The van der Waals surface area contributed by atoms with Gasteiger partial charge in [0.1, 0.15) is 5.75 Å². The monoisotopic (exact) mass is 303 g/mol. The highest BCUT2D eigenvalue weighted by Crippen LogP contribution is 2.12. The highest BCUT2D eigenvalue weighted by atomic mass is 32.2. The lowest BCUT2D eigenvalue weighted by Gasteiger charge is -2.07. The molecule has 0 bridgehead atoms. The van der Waals surface area contributed by atoms with Crippen molar-refractivity contribution >= 4 is 10.8 Å². The van der Waals surface area contributed by atoms with Gasteiger partial charge in [-0.3, -0.25) is 4.21 Å². The third-order valence-electron chi connectivity index (χ3n) is 3.11. The van der Waals surface area contributed by atoms with Crippen molar-refractivity contribution in [3.63, 3.8) is 0 Å². The Balaban J connectivity index is 1.72. The highest BCUT2D eigenvalue weighted by Gasteiger charge is 2.02. The summed E-state index contributed by atoms with van der Waals surface area (Å²) in [6.45, 7) is 1.12. The number of ether oxygens (including phenoxy) is 1. The van der Waals surface area contributed by atoms with Gasteiger partial charge in [0.15, 0.2) is 0 Å². The van der Waals surface area contributed by atoms with Crippen LogP contribution in [0.5, 0.6) is 5.75 Å². The molecular weight excluding hydrogens is 282 g/mol. The Kier molecular flexibility index (Phi) is 6.44. The fraction of sp³-hybridized carbons (Fsp3) is 0.294. The van der Waals surface area contributed by atoms with E-state index in [4.69, 9.17) is 10.5 Å². The smallest absolute Gasteiger partial charge is 0.119 e. The number of benzene rings is 2.